The molecule has 0 aliphatic rings. The summed E-state index contributed by atoms with van der Waals surface area (Å²) < 4.78 is 75.9. The van der Waals surface area contributed by atoms with Gasteiger partial charge in [-0.25, -0.2) is 13.9 Å². The smallest absolute Gasteiger partial charge is 0.497 e. The Bertz CT molecular complexity index is 1630. The third-order valence-electron chi connectivity index (χ3n) is 6.01. The quantitative estimate of drug-likeness (QED) is 0.197. The van der Waals surface area contributed by atoms with Crippen LogP contribution in [0.15, 0.2) is 90.1 Å². The third kappa shape index (κ3) is 6.76. The molecule has 1 amide bonds. The van der Waals surface area contributed by atoms with Gasteiger partial charge < -0.3 is 9.47 Å². The second-order valence-corrected chi connectivity index (χ2v) is 10.6. The molecule has 0 unspecified atom stereocenters. The van der Waals surface area contributed by atoms with Crippen LogP contribution in [-0.2, 0) is 16.6 Å². The van der Waals surface area contributed by atoms with Gasteiger partial charge in [-0.2, -0.15) is 0 Å². The number of alkyl halides is 3. The molecule has 0 aliphatic heterocycles. The van der Waals surface area contributed by atoms with Crippen LogP contribution < -0.4 is 19.3 Å². The van der Waals surface area contributed by atoms with E-state index in [0.29, 0.717) is 28.0 Å². The van der Waals surface area contributed by atoms with E-state index in [1.165, 1.54) is 62.0 Å². The summed E-state index contributed by atoms with van der Waals surface area (Å²) in [6, 6.07) is 16.9. The number of nitrogens with zero attached hydrogens (tertiary/aromatic N) is 2. The van der Waals surface area contributed by atoms with Gasteiger partial charge in [0, 0.05) is 12.4 Å². The molecule has 0 radical (unpaired) electrons. The number of pyridine rings is 1. The zero-order valence-corrected chi connectivity index (χ0v) is 22.5. The first kappa shape index (κ1) is 29.4. The number of hydrogen-bond acceptors (Lipinski definition) is 7. The first-order valence-corrected chi connectivity index (χ1v) is 13.4. The number of aromatic nitrogens is 1. The average Bonchev–Trinajstić information content (AvgIpc) is 2.95. The molecule has 9 nitrogen and oxygen atoms in total. The number of methoxy groups -OCH3 is 1. The highest BCUT2D eigenvalue weighted by Gasteiger charge is 2.32. The number of hydrogen-bond donors (Lipinski definition) is 2. The fraction of sp³-hybridized carbons (Fsp3) is 0.143. The number of hydroxylamine groups is 1. The van der Waals surface area contributed by atoms with E-state index in [9.17, 15) is 31.6 Å². The Hall–Kier alpha value is -4.62. The minimum absolute atomic E-state index is 0.0167. The van der Waals surface area contributed by atoms with Crippen molar-refractivity contribution >= 4 is 21.6 Å². The maximum atomic E-state index is 14.0. The molecule has 0 spiro atoms. The molecule has 3 aromatic carbocycles. The van der Waals surface area contributed by atoms with E-state index in [2.05, 4.69) is 9.72 Å². The van der Waals surface area contributed by atoms with Crippen molar-refractivity contribution in [1.82, 2.24) is 10.5 Å². The number of anilines is 1. The van der Waals surface area contributed by atoms with Gasteiger partial charge in [-0.15, -0.1) is 13.2 Å². The maximum absolute atomic E-state index is 14.0. The molecule has 4 rings (SSSR count). The second kappa shape index (κ2) is 11.9. The van der Waals surface area contributed by atoms with E-state index in [4.69, 9.17) is 4.74 Å². The van der Waals surface area contributed by atoms with E-state index in [1.54, 1.807) is 30.6 Å². The van der Waals surface area contributed by atoms with Gasteiger partial charge in [-0.3, -0.25) is 19.3 Å². The SMILES string of the molecule is COc1ccc(S(=O)(=O)N(Cc2cccnc2)c2c(C)cc(-c3ccc(OC(F)(F)F)cc3)cc2C(=O)NO)cc1. The summed E-state index contributed by atoms with van der Waals surface area (Å²) in [4.78, 5) is 16.9. The number of ether oxygens (including phenoxy) is 2. The highest BCUT2D eigenvalue weighted by Crippen LogP contribution is 2.37. The number of halogens is 3. The molecule has 4 aromatic rings. The van der Waals surface area contributed by atoms with E-state index < -0.39 is 28.0 Å². The topological polar surface area (TPSA) is 118 Å². The molecule has 214 valence electrons. The predicted octanol–water partition coefficient (Wildman–Crippen LogP) is 5.48. The van der Waals surface area contributed by atoms with Crippen LogP contribution in [0, 0.1) is 6.92 Å². The van der Waals surface area contributed by atoms with Crippen LogP contribution in [0.2, 0.25) is 0 Å². The predicted molar refractivity (Wildman–Crippen MR) is 143 cm³/mol. The summed E-state index contributed by atoms with van der Waals surface area (Å²) >= 11 is 0. The van der Waals surface area contributed by atoms with Crippen molar-refractivity contribution in [1.29, 1.82) is 0 Å². The zero-order valence-electron chi connectivity index (χ0n) is 21.7. The summed E-state index contributed by atoms with van der Waals surface area (Å²) in [5.41, 5.74) is 2.99. The Morgan fingerprint density at radius 2 is 1.66 bits per heavy atom. The first-order valence-electron chi connectivity index (χ1n) is 11.9. The molecule has 0 fully saturated rings. The molecule has 13 heteroatoms. The number of rotatable bonds is 9. The minimum Gasteiger partial charge on any atom is -0.497 e. The fourth-order valence-electron chi connectivity index (χ4n) is 4.18. The molecular weight excluding hydrogens is 563 g/mol. The average molecular weight is 588 g/mol. The number of carbonyl (C=O) groups excluding carboxylic acids is 1. The highest BCUT2D eigenvalue weighted by atomic mass is 32.2. The Labute approximate surface area is 233 Å². The molecule has 2 N–H and O–H groups in total. The molecule has 1 heterocycles. The van der Waals surface area contributed by atoms with Crippen molar-refractivity contribution in [3.05, 3.63) is 102 Å². The zero-order chi connectivity index (χ0) is 29.8. The van der Waals surface area contributed by atoms with Gasteiger partial charge in [0.15, 0.2) is 0 Å². The van der Waals surface area contributed by atoms with E-state index in [0.717, 1.165) is 16.4 Å². The van der Waals surface area contributed by atoms with Crippen molar-refractivity contribution in [3.63, 3.8) is 0 Å². The van der Waals surface area contributed by atoms with E-state index in [-0.39, 0.29) is 22.7 Å². The van der Waals surface area contributed by atoms with E-state index >= 15 is 0 Å². The molecule has 0 saturated carbocycles. The van der Waals surface area contributed by atoms with Gasteiger partial charge in [0.1, 0.15) is 11.5 Å². The lowest BCUT2D eigenvalue weighted by molar-refractivity contribution is -0.274. The number of amides is 1. The Balaban J connectivity index is 1.87. The molecule has 0 aliphatic carbocycles. The standard InChI is InChI=1S/C28H24F3N3O6S/c1-18-14-21(20-5-7-23(8-6-20)40-28(29,30)31)15-25(27(35)33-36)26(18)34(17-19-4-3-13-32-16-19)41(37,38)24-11-9-22(39-2)10-12-24/h3-16,36H,17H2,1-2H3,(H,33,35). The number of benzene rings is 3. The summed E-state index contributed by atoms with van der Waals surface area (Å²) in [6.07, 6.45) is -1.85. The van der Waals surface area contributed by atoms with Crippen molar-refractivity contribution in [2.24, 2.45) is 0 Å². The summed E-state index contributed by atoms with van der Waals surface area (Å²) in [5.74, 6) is -0.991. The third-order valence-corrected chi connectivity index (χ3v) is 7.77. The Kier molecular flexibility index (Phi) is 8.49. The maximum Gasteiger partial charge on any atom is 0.573 e. The normalized spacial score (nSPS) is 11.6. The Morgan fingerprint density at radius 3 is 2.22 bits per heavy atom. The van der Waals surface area contributed by atoms with Gasteiger partial charge in [0.25, 0.3) is 15.9 Å². The van der Waals surface area contributed by atoms with Crippen LogP contribution in [0.1, 0.15) is 21.5 Å². The number of carbonyl (C=O) groups is 1. The number of aryl methyl sites for hydroxylation is 1. The largest absolute Gasteiger partial charge is 0.573 e. The number of sulfonamides is 1. The van der Waals surface area contributed by atoms with Crippen LogP contribution in [0.4, 0.5) is 18.9 Å². The molecule has 0 saturated heterocycles. The monoisotopic (exact) mass is 587 g/mol. The molecule has 0 atom stereocenters. The van der Waals surface area contributed by atoms with Crippen molar-refractivity contribution in [3.8, 4) is 22.6 Å². The minimum atomic E-state index is -4.86. The summed E-state index contributed by atoms with van der Waals surface area (Å²) in [5, 5.41) is 9.54. The van der Waals surface area contributed by atoms with Gasteiger partial charge >= 0.3 is 6.36 Å². The molecule has 41 heavy (non-hydrogen) atoms. The van der Waals surface area contributed by atoms with Crippen LogP contribution in [-0.4, -0.2) is 38.0 Å². The lowest BCUT2D eigenvalue weighted by atomic mass is 9.97. The summed E-state index contributed by atoms with van der Waals surface area (Å²) in [7, 11) is -2.85. The lowest BCUT2D eigenvalue weighted by Gasteiger charge is -2.28. The Morgan fingerprint density at radius 1 is 1.00 bits per heavy atom. The van der Waals surface area contributed by atoms with Crippen molar-refractivity contribution in [2.45, 2.75) is 24.7 Å². The van der Waals surface area contributed by atoms with Crippen LogP contribution in [0.25, 0.3) is 11.1 Å². The van der Waals surface area contributed by atoms with Gasteiger partial charge in [-0.1, -0.05) is 18.2 Å². The lowest BCUT2D eigenvalue weighted by Crippen LogP contribution is -2.34. The molecular formula is C28H24F3N3O6S. The summed E-state index contributed by atoms with van der Waals surface area (Å²) in [6.45, 7) is 1.37. The first-order chi connectivity index (χ1) is 19.4. The van der Waals surface area contributed by atoms with Crippen molar-refractivity contribution in [2.75, 3.05) is 11.4 Å². The van der Waals surface area contributed by atoms with Crippen LogP contribution in [0.3, 0.4) is 0 Å². The second-order valence-electron chi connectivity index (χ2n) is 8.75. The van der Waals surface area contributed by atoms with Crippen molar-refractivity contribution < 1.29 is 41.1 Å². The molecule has 1 aromatic heterocycles. The van der Waals surface area contributed by atoms with Gasteiger partial charge in [0.05, 0.1) is 29.8 Å². The fourth-order valence-corrected chi connectivity index (χ4v) is 5.71. The van der Waals surface area contributed by atoms with Gasteiger partial charge in [0.2, 0.25) is 0 Å². The highest BCUT2D eigenvalue weighted by molar-refractivity contribution is 7.92. The number of nitrogens with one attached hydrogen (secondary N) is 1. The molecule has 0 bridgehead atoms. The van der Waals surface area contributed by atoms with Gasteiger partial charge in [-0.05, 0) is 83.8 Å². The van der Waals surface area contributed by atoms with Crippen LogP contribution in [0.5, 0.6) is 11.5 Å². The van der Waals surface area contributed by atoms with Crippen LogP contribution >= 0.6 is 0 Å². The van der Waals surface area contributed by atoms with E-state index in [1.807, 2.05) is 0 Å².